The van der Waals surface area contributed by atoms with Crippen molar-refractivity contribution < 1.29 is 13.2 Å². The summed E-state index contributed by atoms with van der Waals surface area (Å²) in [6.07, 6.45) is -1.38. The molecular formula is C13H19F3N2S. The van der Waals surface area contributed by atoms with Crippen molar-refractivity contribution in [1.29, 1.82) is 0 Å². The van der Waals surface area contributed by atoms with Gasteiger partial charge in [0.15, 0.2) is 0 Å². The zero-order chi connectivity index (χ0) is 14.0. The number of aromatic nitrogens is 1. The molecule has 0 amide bonds. The molecule has 6 heteroatoms. The van der Waals surface area contributed by atoms with Crippen molar-refractivity contribution in [2.75, 3.05) is 0 Å². The molecule has 1 aliphatic carbocycles. The topological polar surface area (TPSA) is 38.9 Å². The molecule has 1 aromatic heterocycles. The summed E-state index contributed by atoms with van der Waals surface area (Å²) >= 11 is 1.51. The number of thiazole rings is 1. The van der Waals surface area contributed by atoms with Gasteiger partial charge >= 0.3 is 6.18 Å². The van der Waals surface area contributed by atoms with Crippen LogP contribution in [-0.4, -0.2) is 17.2 Å². The minimum absolute atomic E-state index is 0.220. The molecule has 0 bridgehead atoms. The van der Waals surface area contributed by atoms with Crippen molar-refractivity contribution >= 4 is 11.3 Å². The number of alkyl halides is 3. The summed E-state index contributed by atoms with van der Waals surface area (Å²) < 4.78 is 39.1. The molecule has 0 aromatic carbocycles. The number of aryl methyl sites for hydroxylation is 1. The quantitative estimate of drug-likeness (QED) is 0.922. The summed E-state index contributed by atoms with van der Waals surface area (Å²) in [6, 6.07) is -0.451. The van der Waals surface area contributed by atoms with E-state index in [9.17, 15) is 13.2 Å². The zero-order valence-electron chi connectivity index (χ0n) is 10.9. The van der Waals surface area contributed by atoms with Crippen LogP contribution in [0.1, 0.15) is 36.4 Å². The molecule has 0 aliphatic heterocycles. The predicted octanol–water partition coefficient (Wildman–Crippen LogP) is 3.69. The number of halogens is 3. The highest BCUT2D eigenvalue weighted by molar-refractivity contribution is 7.09. The molecule has 2 rings (SSSR count). The molecule has 19 heavy (non-hydrogen) atoms. The van der Waals surface area contributed by atoms with Gasteiger partial charge in [0.25, 0.3) is 0 Å². The zero-order valence-corrected chi connectivity index (χ0v) is 11.7. The van der Waals surface area contributed by atoms with Crippen molar-refractivity contribution in [2.24, 2.45) is 17.6 Å². The molecule has 3 unspecified atom stereocenters. The van der Waals surface area contributed by atoms with Gasteiger partial charge in [0.2, 0.25) is 0 Å². The largest absolute Gasteiger partial charge is 0.392 e. The molecule has 1 aliphatic rings. The third-order valence-electron chi connectivity index (χ3n) is 3.90. The molecule has 1 heterocycles. The summed E-state index contributed by atoms with van der Waals surface area (Å²) in [6.45, 7) is 1.89. The lowest BCUT2D eigenvalue weighted by molar-refractivity contribution is -0.198. The maximum atomic E-state index is 13.0. The number of rotatable bonds is 3. The minimum Gasteiger partial charge on any atom is -0.327 e. The number of nitrogens with two attached hydrogens (primary N) is 1. The fourth-order valence-electron chi connectivity index (χ4n) is 2.97. The molecule has 0 saturated heterocycles. The molecule has 0 spiro atoms. The Balaban J connectivity index is 2.05. The van der Waals surface area contributed by atoms with Crippen LogP contribution in [-0.2, 0) is 6.42 Å². The van der Waals surface area contributed by atoms with E-state index in [4.69, 9.17) is 5.73 Å². The lowest BCUT2D eigenvalue weighted by atomic mass is 9.74. The van der Waals surface area contributed by atoms with Gasteiger partial charge in [-0.25, -0.2) is 4.98 Å². The van der Waals surface area contributed by atoms with E-state index in [1.807, 2.05) is 12.3 Å². The SMILES string of the molecule is Cc1nc(CC(N)C2CCCCC2C(F)(F)F)cs1. The Morgan fingerprint density at radius 2 is 2.11 bits per heavy atom. The van der Waals surface area contributed by atoms with Gasteiger partial charge in [0, 0.05) is 17.8 Å². The Labute approximate surface area is 115 Å². The standard InChI is InChI=1S/C13H19F3N2S/c1-8-18-9(7-19-8)6-12(17)10-4-2-3-5-11(10)13(14,15)16/h7,10-12H,2-6,17H2,1H3. The maximum absolute atomic E-state index is 13.0. The van der Waals surface area contributed by atoms with Crippen molar-refractivity contribution in [2.45, 2.75) is 51.2 Å². The lowest BCUT2D eigenvalue weighted by Crippen LogP contribution is -2.44. The molecule has 1 aromatic rings. The van der Waals surface area contributed by atoms with Gasteiger partial charge in [-0.1, -0.05) is 12.8 Å². The minimum atomic E-state index is -4.12. The summed E-state index contributed by atoms with van der Waals surface area (Å²) in [4.78, 5) is 4.29. The van der Waals surface area contributed by atoms with E-state index >= 15 is 0 Å². The third-order valence-corrected chi connectivity index (χ3v) is 4.72. The van der Waals surface area contributed by atoms with Crippen LogP contribution < -0.4 is 5.73 Å². The Bertz CT molecular complexity index is 416. The molecule has 2 N–H and O–H groups in total. The van der Waals surface area contributed by atoms with Crippen LogP contribution in [0.2, 0.25) is 0 Å². The first-order chi connectivity index (χ1) is 8.88. The Hall–Kier alpha value is -0.620. The normalized spacial score (nSPS) is 26.4. The monoisotopic (exact) mass is 292 g/mol. The Morgan fingerprint density at radius 3 is 2.68 bits per heavy atom. The fourth-order valence-corrected chi connectivity index (χ4v) is 3.60. The van der Waals surface area contributed by atoms with Crippen LogP contribution in [0.15, 0.2) is 5.38 Å². The predicted molar refractivity (Wildman–Crippen MR) is 70.0 cm³/mol. The van der Waals surface area contributed by atoms with Gasteiger partial charge in [-0.15, -0.1) is 11.3 Å². The van der Waals surface area contributed by atoms with E-state index < -0.39 is 24.1 Å². The molecule has 1 fully saturated rings. The first kappa shape index (κ1) is 14.8. The van der Waals surface area contributed by atoms with Crippen LogP contribution in [0.4, 0.5) is 13.2 Å². The molecule has 108 valence electrons. The highest BCUT2D eigenvalue weighted by Gasteiger charge is 2.47. The van der Waals surface area contributed by atoms with E-state index in [1.165, 1.54) is 11.3 Å². The van der Waals surface area contributed by atoms with Gasteiger partial charge in [-0.2, -0.15) is 13.2 Å². The highest BCUT2D eigenvalue weighted by atomic mass is 32.1. The fraction of sp³-hybridized carbons (Fsp3) is 0.769. The first-order valence-electron chi connectivity index (χ1n) is 6.61. The van der Waals surface area contributed by atoms with Gasteiger partial charge in [0.05, 0.1) is 16.6 Å². The maximum Gasteiger partial charge on any atom is 0.392 e. The summed E-state index contributed by atoms with van der Waals surface area (Å²) in [7, 11) is 0. The Kier molecular flexibility index (Phi) is 4.50. The van der Waals surface area contributed by atoms with E-state index in [0.29, 0.717) is 19.3 Å². The van der Waals surface area contributed by atoms with Crippen LogP contribution in [0, 0.1) is 18.8 Å². The van der Waals surface area contributed by atoms with Crippen molar-refractivity contribution in [3.05, 3.63) is 16.1 Å². The van der Waals surface area contributed by atoms with Gasteiger partial charge in [-0.05, 0) is 25.7 Å². The molecule has 3 atom stereocenters. The molecular weight excluding hydrogens is 273 g/mol. The van der Waals surface area contributed by atoms with Crippen LogP contribution in [0.3, 0.4) is 0 Å². The van der Waals surface area contributed by atoms with Crippen molar-refractivity contribution in [3.63, 3.8) is 0 Å². The van der Waals surface area contributed by atoms with E-state index in [2.05, 4.69) is 4.98 Å². The van der Waals surface area contributed by atoms with E-state index in [1.54, 1.807) is 0 Å². The van der Waals surface area contributed by atoms with E-state index in [-0.39, 0.29) is 6.42 Å². The second-order valence-electron chi connectivity index (χ2n) is 5.32. The molecule has 0 radical (unpaired) electrons. The third kappa shape index (κ3) is 3.69. The Morgan fingerprint density at radius 1 is 1.42 bits per heavy atom. The number of hydrogen-bond donors (Lipinski definition) is 1. The van der Waals surface area contributed by atoms with Gasteiger partial charge in [0.1, 0.15) is 0 Å². The first-order valence-corrected chi connectivity index (χ1v) is 7.49. The van der Waals surface area contributed by atoms with Crippen molar-refractivity contribution in [3.8, 4) is 0 Å². The van der Waals surface area contributed by atoms with E-state index in [0.717, 1.165) is 17.1 Å². The second-order valence-corrected chi connectivity index (χ2v) is 6.38. The molecule has 1 saturated carbocycles. The summed E-state index contributed by atoms with van der Waals surface area (Å²) in [5, 5.41) is 2.82. The number of hydrogen-bond acceptors (Lipinski definition) is 3. The average Bonchev–Trinajstić information content (AvgIpc) is 2.73. The van der Waals surface area contributed by atoms with Crippen LogP contribution in [0.5, 0.6) is 0 Å². The van der Waals surface area contributed by atoms with Gasteiger partial charge < -0.3 is 5.73 Å². The molecule has 2 nitrogen and oxygen atoms in total. The summed E-state index contributed by atoms with van der Waals surface area (Å²) in [5.74, 6) is -1.70. The van der Waals surface area contributed by atoms with Crippen LogP contribution in [0.25, 0.3) is 0 Å². The smallest absolute Gasteiger partial charge is 0.327 e. The lowest BCUT2D eigenvalue weighted by Gasteiger charge is -2.36. The highest BCUT2D eigenvalue weighted by Crippen LogP contribution is 2.42. The second kappa shape index (κ2) is 5.79. The average molecular weight is 292 g/mol. The van der Waals surface area contributed by atoms with Gasteiger partial charge in [-0.3, -0.25) is 0 Å². The number of nitrogens with zero attached hydrogens (tertiary/aromatic N) is 1. The van der Waals surface area contributed by atoms with Crippen molar-refractivity contribution in [1.82, 2.24) is 4.98 Å². The van der Waals surface area contributed by atoms with Crippen LogP contribution >= 0.6 is 11.3 Å². The summed E-state index contributed by atoms with van der Waals surface area (Å²) in [5.41, 5.74) is 6.86.